The lowest BCUT2D eigenvalue weighted by Gasteiger charge is -2.10. The molecule has 1 amide bonds. The number of nitrogens with one attached hydrogen (secondary N) is 1. The second-order valence-electron chi connectivity index (χ2n) is 4.71. The number of hydrogen-bond acceptors (Lipinski definition) is 3. The first-order valence-electron chi connectivity index (χ1n) is 6.61. The summed E-state index contributed by atoms with van der Waals surface area (Å²) in [7, 11) is 0. The molecule has 0 unspecified atom stereocenters. The Morgan fingerprint density at radius 1 is 1.38 bits per heavy atom. The first kappa shape index (κ1) is 15.4. The minimum absolute atomic E-state index is 0.0503. The maximum absolute atomic E-state index is 12.0. The number of carbonyl (C=O) groups is 1. The van der Waals surface area contributed by atoms with Crippen LogP contribution in [0.1, 0.15) is 18.2 Å². The fraction of sp³-hybridized carbons (Fsp3) is 0.267. The Morgan fingerprint density at radius 3 is 2.76 bits per heavy atom. The molecule has 0 bridgehead atoms. The number of anilines is 1. The number of halogens is 1. The smallest absolute Gasteiger partial charge is 0.253 e. The van der Waals surface area contributed by atoms with Gasteiger partial charge in [-0.3, -0.25) is 14.2 Å². The highest BCUT2D eigenvalue weighted by Gasteiger charge is 2.08. The second kappa shape index (κ2) is 6.67. The summed E-state index contributed by atoms with van der Waals surface area (Å²) in [5.41, 5.74) is 2.18. The van der Waals surface area contributed by atoms with E-state index in [2.05, 4.69) is 26.2 Å². The van der Waals surface area contributed by atoms with Crippen LogP contribution in [0.15, 0.2) is 39.9 Å². The van der Waals surface area contributed by atoms with Gasteiger partial charge in [0.05, 0.1) is 6.33 Å². The summed E-state index contributed by atoms with van der Waals surface area (Å²) in [5.74, 6) is -0.256. The number of rotatable bonds is 4. The van der Waals surface area contributed by atoms with Gasteiger partial charge in [0.2, 0.25) is 5.91 Å². The molecule has 1 aromatic carbocycles. The first-order valence-corrected chi connectivity index (χ1v) is 7.40. The van der Waals surface area contributed by atoms with E-state index in [4.69, 9.17) is 0 Å². The number of aromatic nitrogens is 2. The predicted octanol–water partition coefficient (Wildman–Crippen LogP) is 2.52. The highest BCUT2D eigenvalue weighted by atomic mass is 79.9. The molecule has 21 heavy (non-hydrogen) atoms. The lowest BCUT2D eigenvalue weighted by atomic mass is 10.2. The van der Waals surface area contributed by atoms with Crippen LogP contribution in [0.2, 0.25) is 0 Å². The van der Waals surface area contributed by atoms with Crippen molar-refractivity contribution in [3.63, 3.8) is 0 Å². The zero-order chi connectivity index (χ0) is 15.4. The van der Waals surface area contributed by atoms with Gasteiger partial charge in [-0.05, 0) is 37.1 Å². The van der Waals surface area contributed by atoms with Crippen molar-refractivity contribution in [2.24, 2.45) is 0 Å². The van der Waals surface area contributed by atoms with Crippen LogP contribution < -0.4 is 10.9 Å². The molecule has 1 aromatic heterocycles. The third-order valence-corrected chi connectivity index (χ3v) is 3.57. The monoisotopic (exact) mass is 349 g/mol. The normalized spacial score (nSPS) is 10.4. The Balaban J connectivity index is 2.10. The Hall–Kier alpha value is -1.95. The van der Waals surface area contributed by atoms with E-state index in [9.17, 15) is 9.59 Å². The average Bonchev–Trinajstić information content (AvgIpc) is 2.44. The van der Waals surface area contributed by atoms with Gasteiger partial charge < -0.3 is 5.32 Å². The summed E-state index contributed by atoms with van der Waals surface area (Å²) in [5, 5.41) is 2.79. The number of hydrogen-bond donors (Lipinski definition) is 1. The van der Waals surface area contributed by atoms with Gasteiger partial charge in [0, 0.05) is 21.9 Å². The molecule has 2 rings (SSSR count). The van der Waals surface area contributed by atoms with Crippen molar-refractivity contribution in [1.29, 1.82) is 0 Å². The van der Waals surface area contributed by atoms with Crippen LogP contribution in [0.3, 0.4) is 0 Å². The van der Waals surface area contributed by atoms with E-state index < -0.39 is 0 Å². The summed E-state index contributed by atoms with van der Waals surface area (Å²) >= 11 is 3.37. The van der Waals surface area contributed by atoms with E-state index >= 15 is 0 Å². The van der Waals surface area contributed by atoms with Gasteiger partial charge in [-0.2, -0.15) is 0 Å². The van der Waals surface area contributed by atoms with Crippen LogP contribution in [0, 0.1) is 6.92 Å². The van der Waals surface area contributed by atoms with Crippen molar-refractivity contribution >= 4 is 27.5 Å². The molecule has 0 aliphatic rings. The largest absolute Gasteiger partial charge is 0.324 e. The van der Waals surface area contributed by atoms with E-state index in [0.717, 1.165) is 21.4 Å². The van der Waals surface area contributed by atoms with Crippen molar-refractivity contribution in [2.75, 3.05) is 5.32 Å². The van der Waals surface area contributed by atoms with Crippen LogP contribution in [0.25, 0.3) is 0 Å². The summed E-state index contributed by atoms with van der Waals surface area (Å²) in [4.78, 5) is 28.0. The topological polar surface area (TPSA) is 64.0 Å². The van der Waals surface area contributed by atoms with Crippen molar-refractivity contribution in [3.05, 3.63) is 56.7 Å². The van der Waals surface area contributed by atoms with Crippen LogP contribution in [-0.4, -0.2) is 15.5 Å². The number of amides is 1. The quantitative estimate of drug-likeness (QED) is 0.922. The summed E-state index contributed by atoms with van der Waals surface area (Å²) in [6.45, 7) is 3.78. The summed E-state index contributed by atoms with van der Waals surface area (Å²) in [6, 6.07) is 7.04. The minimum Gasteiger partial charge on any atom is -0.324 e. The lowest BCUT2D eigenvalue weighted by molar-refractivity contribution is -0.116. The van der Waals surface area contributed by atoms with Crippen LogP contribution in [0.4, 0.5) is 5.69 Å². The first-order chi connectivity index (χ1) is 9.99. The van der Waals surface area contributed by atoms with Crippen molar-refractivity contribution in [3.8, 4) is 0 Å². The standard InChI is InChI=1S/C15H16BrN3O2/c1-3-12-7-15(21)19(9-17-12)8-14(20)18-13-5-4-11(16)6-10(13)2/h4-7,9H,3,8H2,1-2H3,(H,18,20). The van der Waals surface area contributed by atoms with Crippen LogP contribution in [-0.2, 0) is 17.8 Å². The fourth-order valence-corrected chi connectivity index (χ4v) is 2.36. The number of carbonyl (C=O) groups excluding carboxylic acids is 1. The van der Waals surface area contributed by atoms with Gasteiger partial charge in [-0.25, -0.2) is 4.98 Å². The molecular weight excluding hydrogens is 334 g/mol. The molecule has 0 atom stereocenters. The second-order valence-corrected chi connectivity index (χ2v) is 5.62. The Labute approximate surface area is 131 Å². The van der Waals surface area contributed by atoms with E-state index in [0.29, 0.717) is 6.42 Å². The molecule has 0 saturated heterocycles. The van der Waals surface area contributed by atoms with Crippen molar-refractivity contribution < 1.29 is 4.79 Å². The molecule has 0 radical (unpaired) electrons. The number of nitrogens with zero attached hydrogens (tertiary/aromatic N) is 2. The van der Waals surface area contributed by atoms with Crippen LogP contribution >= 0.6 is 15.9 Å². The molecule has 110 valence electrons. The van der Waals surface area contributed by atoms with Gasteiger partial charge in [0.1, 0.15) is 6.54 Å². The summed E-state index contributed by atoms with van der Waals surface area (Å²) < 4.78 is 2.25. The molecule has 0 saturated carbocycles. The third kappa shape index (κ3) is 4.01. The van der Waals surface area contributed by atoms with Gasteiger partial charge >= 0.3 is 0 Å². The maximum atomic E-state index is 12.0. The number of aryl methyl sites for hydroxylation is 2. The maximum Gasteiger partial charge on any atom is 0.253 e. The molecule has 0 aliphatic carbocycles. The van der Waals surface area contributed by atoms with Crippen molar-refractivity contribution in [1.82, 2.24) is 9.55 Å². The molecule has 0 fully saturated rings. The fourth-order valence-electron chi connectivity index (χ4n) is 1.89. The van der Waals surface area contributed by atoms with Gasteiger partial charge in [-0.1, -0.05) is 22.9 Å². The molecule has 6 heteroatoms. The van der Waals surface area contributed by atoms with Crippen molar-refractivity contribution in [2.45, 2.75) is 26.8 Å². The molecule has 1 N–H and O–H groups in total. The SMILES string of the molecule is CCc1cc(=O)n(CC(=O)Nc2ccc(Br)cc2C)cn1. The minimum atomic E-state index is -0.256. The molecule has 2 aromatic rings. The zero-order valence-corrected chi connectivity index (χ0v) is 13.5. The molecule has 1 heterocycles. The van der Waals surface area contributed by atoms with E-state index in [1.54, 1.807) is 0 Å². The predicted molar refractivity (Wildman–Crippen MR) is 85.4 cm³/mol. The summed E-state index contributed by atoms with van der Waals surface area (Å²) in [6.07, 6.45) is 2.11. The third-order valence-electron chi connectivity index (χ3n) is 3.07. The molecule has 0 spiro atoms. The molecule has 0 aliphatic heterocycles. The van der Waals surface area contributed by atoms with Gasteiger partial charge in [0.25, 0.3) is 5.56 Å². The Bertz CT molecular complexity index is 725. The lowest BCUT2D eigenvalue weighted by Crippen LogP contribution is -2.28. The van der Waals surface area contributed by atoms with Gasteiger partial charge in [0.15, 0.2) is 0 Å². The molecular formula is C15H16BrN3O2. The number of benzene rings is 1. The van der Waals surface area contributed by atoms with Gasteiger partial charge in [-0.15, -0.1) is 0 Å². The van der Waals surface area contributed by atoms with E-state index in [-0.39, 0.29) is 18.0 Å². The zero-order valence-electron chi connectivity index (χ0n) is 11.9. The average molecular weight is 350 g/mol. The highest BCUT2D eigenvalue weighted by Crippen LogP contribution is 2.19. The Kier molecular flexibility index (Phi) is 4.90. The molecule has 5 nitrogen and oxygen atoms in total. The van der Waals surface area contributed by atoms with Crippen LogP contribution in [0.5, 0.6) is 0 Å². The van der Waals surface area contributed by atoms with E-state index in [1.165, 1.54) is 17.0 Å². The highest BCUT2D eigenvalue weighted by molar-refractivity contribution is 9.10. The Morgan fingerprint density at radius 2 is 2.14 bits per heavy atom. The van der Waals surface area contributed by atoms with E-state index in [1.807, 2.05) is 32.0 Å².